The molecule has 0 radical (unpaired) electrons. The van der Waals surface area contributed by atoms with Crippen molar-refractivity contribution in [3.05, 3.63) is 11.6 Å². The summed E-state index contributed by atoms with van der Waals surface area (Å²) in [5, 5.41) is 21.8. The predicted molar refractivity (Wildman–Crippen MR) is 120 cm³/mol. The number of aliphatic hydroxyl groups excluding tert-OH is 1. The van der Waals surface area contributed by atoms with Gasteiger partial charge in [-0.15, -0.1) is 0 Å². The third-order valence-corrected chi connectivity index (χ3v) is 9.98. The first-order chi connectivity index (χ1) is 13.6. The quantitative estimate of drug-likeness (QED) is 0.525. The van der Waals surface area contributed by atoms with Crippen LogP contribution in [0.4, 0.5) is 0 Å². The molecule has 4 rings (SSSR count). The number of rotatable bonds is 5. The second-order valence-corrected chi connectivity index (χ2v) is 12.4. The monoisotopic (exact) mass is 402 g/mol. The third-order valence-electron chi connectivity index (χ3n) is 9.98. The van der Waals surface area contributed by atoms with Crippen molar-refractivity contribution >= 4 is 0 Å². The summed E-state index contributed by atoms with van der Waals surface area (Å²) < 4.78 is 0. The van der Waals surface area contributed by atoms with Crippen molar-refractivity contribution in [3.63, 3.8) is 0 Å². The largest absolute Gasteiger partial charge is 0.393 e. The van der Waals surface area contributed by atoms with E-state index in [9.17, 15) is 10.2 Å². The summed E-state index contributed by atoms with van der Waals surface area (Å²) >= 11 is 0. The predicted octanol–water partition coefficient (Wildman–Crippen LogP) is 6.36. The molecule has 0 amide bonds. The van der Waals surface area contributed by atoms with Gasteiger partial charge in [0, 0.05) is 0 Å². The Morgan fingerprint density at radius 3 is 2.69 bits per heavy atom. The van der Waals surface area contributed by atoms with Gasteiger partial charge in [0.2, 0.25) is 0 Å². The van der Waals surface area contributed by atoms with Gasteiger partial charge in [-0.1, -0.05) is 52.2 Å². The van der Waals surface area contributed by atoms with Gasteiger partial charge in [0.25, 0.3) is 0 Å². The van der Waals surface area contributed by atoms with Gasteiger partial charge >= 0.3 is 0 Å². The second-order valence-electron chi connectivity index (χ2n) is 12.4. The van der Waals surface area contributed by atoms with Crippen LogP contribution in [-0.4, -0.2) is 21.9 Å². The summed E-state index contributed by atoms with van der Waals surface area (Å²) in [5.74, 6) is 4.93. The summed E-state index contributed by atoms with van der Waals surface area (Å²) in [7, 11) is 0. The Balaban J connectivity index is 1.51. The minimum absolute atomic E-state index is 0.116. The lowest BCUT2D eigenvalue weighted by Gasteiger charge is -2.56. The van der Waals surface area contributed by atoms with E-state index in [1.165, 1.54) is 38.5 Å². The lowest BCUT2D eigenvalue weighted by atomic mass is 9.49. The molecule has 3 saturated carbocycles. The minimum atomic E-state index is -0.511. The fraction of sp³-hybridized carbons (Fsp3) is 0.926. The van der Waals surface area contributed by atoms with Crippen molar-refractivity contribution < 1.29 is 10.2 Å². The Bertz CT molecular complexity index is 620. The van der Waals surface area contributed by atoms with E-state index in [-0.39, 0.29) is 6.10 Å². The first kappa shape index (κ1) is 21.9. The smallest absolute Gasteiger partial charge is 0.0653 e. The zero-order chi connectivity index (χ0) is 21.0. The molecular formula is C27H46O2. The van der Waals surface area contributed by atoms with Gasteiger partial charge in [0.05, 0.1) is 11.7 Å². The van der Waals surface area contributed by atoms with Crippen molar-refractivity contribution in [2.75, 3.05) is 0 Å². The average molecular weight is 403 g/mol. The number of hydrogen-bond acceptors (Lipinski definition) is 2. The van der Waals surface area contributed by atoms with E-state index >= 15 is 0 Å². The average Bonchev–Trinajstić information content (AvgIpc) is 2.98. The van der Waals surface area contributed by atoms with Crippen LogP contribution in [0.3, 0.4) is 0 Å². The van der Waals surface area contributed by atoms with Gasteiger partial charge in [-0.05, 0) is 105 Å². The van der Waals surface area contributed by atoms with E-state index in [2.05, 4.69) is 40.7 Å². The van der Waals surface area contributed by atoms with E-state index in [4.69, 9.17) is 0 Å². The summed E-state index contributed by atoms with van der Waals surface area (Å²) in [5.41, 5.74) is 1.38. The van der Waals surface area contributed by atoms with Gasteiger partial charge in [0.15, 0.2) is 0 Å². The molecule has 2 nitrogen and oxygen atoms in total. The van der Waals surface area contributed by atoms with Crippen LogP contribution in [0.25, 0.3) is 0 Å². The lowest BCUT2D eigenvalue weighted by molar-refractivity contribution is -0.0988. The SMILES string of the molecule is CC(C)CCCC(C)(O)C1CCC2C3CC=C4C[C@@H](O)C[C@@H](C)C4C3CC[C@@]21C. The standard InChI is InChI=1S/C27H46O2/c1-17(2)7-6-13-27(5,29)24-11-10-23-21-9-8-19-16-20(28)15-18(3)25(19)22(21)12-14-26(23,24)4/h8,17-18,20-25,28-29H,6-7,9-16H2,1-5H3/t18-,20+,21?,22?,23?,24?,25?,26+,27?/m1/s1. The van der Waals surface area contributed by atoms with Crippen LogP contribution in [0.5, 0.6) is 0 Å². The van der Waals surface area contributed by atoms with E-state index in [0.29, 0.717) is 23.2 Å². The summed E-state index contributed by atoms with van der Waals surface area (Å²) in [4.78, 5) is 0. The topological polar surface area (TPSA) is 40.5 Å². The molecule has 0 bridgehead atoms. The summed E-state index contributed by atoms with van der Waals surface area (Å²) in [6, 6.07) is 0. The number of hydrogen-bond donors (Lipinski definition) is 2. The molecule has 29 heavy (non-hydrogen) atoms. The maximum absolute atomic E-state index is 11.5. The van der Waals surface area contributed by atoms with Crippen LogP contribution in [0.1, 0.15) is 98.8 Å². The molecule has 4 aliphatic carbocycles. The van der Waals surface area contributed by atoms with E-state index < -0.39 is 5.60 Å². The highest BCUT2D eigenvalue weighted by Crippen LogP contribution is 2.65. The molecule has 4 aliphatic rings. The second kappa shape index (κ2) is 7.97. The fourth-order valence-electron chi connectivity index (χ4n) is 8.80. The number of allylic oxidation sites excluding steroid dienone is 1. The molecule has 9 atom stereocenters. The maximum atomic E-state index is 11.5. The van der Waals surface area contributed by atoms with Crippen LogP contribution >= 0.6 is 0 Å². The highest BCUT2D eigenvalue weighted by Gasteiger charge is 2.59. The molecule has 6 unspecified atom stereocenters. The van der Waals surface area contributed by atoms with Gasteiger partial charge < -0.3 is 10.2 Å². The van der Waals surface area contributed by atoms with Gasteiger partial charge in [-0.25, -0.2) is 0 Å². The van der Waals surface area contributed by atoms with Crippen molar-refractivity contribution in [1.29, 1.82) is 0 Å². The Hall–Kier alpha value is -0.340. The Morgan fingerprint density at radius 1 is 1.21 bits per heavy atom. The highest BCUT2D eigenvalue weighted by molar-refractivity contribution is 5.21. The van der Waals surface area contributed by atoms with Gasteiger partial charge in [-0.2, -0.15) is 0 Å². The zero-order valence-corrected chi connectivity index (χ0v) is 19.7. The van der Waals surface area contributed by atoms with Crippen LogP contribution in [-0.2, 0) is 0 Å². The maximum Gasteiger partial charge on any atom is 0.0653 e. The molecule has 166 valence electrons. The lowest BCUT2D eigenvalue weighted by Crippen LogP contribution is -2.51. The molecule has 0 aliphatic heterocycles. The van der Waals surface area contributed by atoms with E-state index in [1.807, 2.05) is 0 Å². The van der Waals surface area contributed by atoms with Crippen LogP contribution in [0.15, 0.2) is 11.6 Å². The molecule has 3 fully saturated rings. The molecule has 0 aromatic carbocycles. The first-order valence-corrected chi connectivity index (χ1v) is 12.7. The van der Waals surface area contributed by atoms with Crippen LogP contribution in [0, 0.1) is 46.8 Å². The molecule has 0 spiro atoms. The number of aliphatic hydroxyl groups is 2. The van der Waals surface area contributed by atoms with Gasteiger partial charge in [0.1, 0.15) is 0 Å². The van der Waals surface area contributed by atoms with Crippen LogP contribution < -0.4 is 0 Å². The molecule has 0 heterocycles. The molecule has 0 saturated heterocycles. The molecular weight excluding hydrogens is 356 g/mol. The summed E-state index contributed by atoms with van der Waals surface area (Å²) in [6.45, 7) is 11.7. The molecule has 0 aromatic rings. The van der Waals surface area contributed by atoms with Crippen LogP contribution in [0.2, 0.25) is 0 Å². The minimum Gasteiger partial charge on any atom is -0.393 e. The van der Waals surface area contributed by atoms with Crippen molar-refractivity contribution in [3.8, 4) is 0 Å². The first-order valence-electron chi connectivity index (χ1n) is 12.7. The Morgan fingerprint density at radius 2 is 1.97 bits per heavy atom. The van der Waals surface area contributed by atoms with Crippen molar-refractivity contribution in [1.82, 2.24) is 0 Å². The van der Waals surface area contributed by atoms with Crippen molar-refractivity contribution in [2.24, 2.45) is 46.8 Å². The van der Waals surface area contributed by atoms with Gasteiger partial charge in [-0.3, -0.25) is 0 Å². The van der Waals surface area contributed by atoms with E-state index in [0.717, 1.165) is 49.4 Å². The normalized spacial score (nSPS) is 46.5. The fourth-order valence-corrected chi connectivity index (χ4v) is 8.80. The highest BCUT2D eigenvalue weighted by atomic mass is 16.3. The molecule has 2 heteroatoms. The Labute approximate surface area is 179 Å². The molecule has 0 aromatic heterocycles. The third kappa shape index (κ3) is 3.86. The zero-order valence-electron chi connectivity index (χ0n) is 19.7. The van der Waals surface area contributed by atoms with Crippen molar-refractivity contribution in [2.45, 2.75) is 111 Å². The van der Waals surface area contributed by atoms with E-state index in [1.54, 1.807) is 5.57 Å². The molecule has 2 N–H and O–H groups in total. The Kier molecular flexibility index (Phi) is 6.01. The summed E-state index contributed by atoms with van der Waals surface area (Å²) in [6.07, 6.45) is 14.1. The number of fused-ring (bicyclic) bond motifs is 5.